The number of hydrogen-bond acceptors (Lipinski definition) is 3. The highest BCUT2D eigenvalue weighted by atomic mass is 79.9. The smallest absolute Gasteiger partial charge is 0.183 e. The molecule has 0 bridgehead atoms. The molecule has 1 atom stereocenters. The van der Waals surface area contributed by atoms with Gasteiger partial charge in [0, 0.05) is 10.9 Å². The molecule has 98 valence electrons. The van der Waals surface area contributed by atoms with Gasteiger partial charge in [-0.25, -0.2) is 0 Å². The lowest BCUT2D eigenvalue weighted by Crippen LogP contribution is -2.19. The van der Waals surface area contributed by atoms with Gasteiger partial charge in [-0.1, -0.05) is 19.4 Å². The number of hydrogen-bond donors (Lipinski definition) is 1. The predicted molar refractivity (Wildman–Crippen MR) is 82.9 cm³/mol. The van der Waals surface area contributed by atoms with Crippen molar-refractivity contribution in [3.63, 3.8) is 0 Å². The third kappa shape index (κ3) is 3.70. The van der Waals surface area contributed by atoms with Crippen molar-refractivity contribution in [1.82, 2.24) is 5.32 Å². The molecule has 0 aliphatic rings. The molecule has 0 aliphatic heterocycles. The van der Waals surface area contributed by atoms with Crippen LogP contribution in [-0.4, -0.2) is 0 Å². The van der Waals surface area contributed by atoms with E-state index in [1.807, 2.05) is 6.07 Å². The topological polar surface area (TPSA) is 25.2 Å². The molecule has 2 aromatic heterocycles. The van der Waals surface area contributed by atoms with Crippen molar-refractivity contribution in [2.75, 3.05) is 0 Å². The van der Waals surface area contributed by atoms with E-state index in [0.717, 1.165) is 27.9 Å². The minimum absolute atomic E-state index is 0.414. The quantitative estimate of drug-likeness (QED) is 0.702. The summed E-state index contributed by atoms with van der Waals surface area (Å²) in [6, 6.07) is 6.70. The molecule has 5 heteroatoms. The fraction of sp³-hybridized carbons (Fsp3) is 0.385. The second kappa shape index (κ2) is 6.89. The Hall–Kier alpha value is -0.100. The van der Waals surface area contributed by atoms with E-state index in [1.54, 1.807) is 11.3 Å². The van der Waals surface area contributed by atoms with E-state index in [1.165, 1.54) is 11.3 Å². The number of rotatable bonds is 6. The van der Waals surface area contributed by atoms with Gasteiger partial charge >= 0.3 is 0 Å². The summed E-state index contributed by atoms with van der Waals surface area (Å²) >= 11 is 8.58. The zero-order valence-corrected chi connectivity index (χ0v) is 14.1. The normalized spacial score (nSPS) is 12.8. The number of nitrogens with one attached hydrogen (secondary N) is 1. The van der Waals surface area contributed by atoms with Gasteiger partial charge in [0.15, 0.2) is 4.67 Å². The lowest BCUT2D eigenvalue weighted by atomic mass is 10.1. The van der Waals surface area contributed by atoms with Crippen molar-refractivity contribution < 1.29 is 4.42 Å². The first-order valence-electron chi connectivity index (χ1n) is 5.91. The first-order valence-corrected chi connectivity index (χ1v) is 8.37. The summed E-state index contributed by atoms with van der Waals surface area (Å²) in [6.07, 6.45) is 2.31. The van der Waals surface area contributed by atoms with Gasteiger partial charge in [0.05, 0.1) is 11.0 Å². The van der Waals surface area contributed by atoms with Gasteiger partial charge in [-0.15, -0.1) is 11.3 Å². The fourth-order valence-corrected chi connectivity index (χ4v) is 3.32. The molecular weight excluding hydrogens is 378 g/mol. The van der Waals surface area contributed by atoms with Crippen LogP contribution in [0.4, 0.5) is 0 Å². The third-order valence-electron chi connectivity index (χ3n) is 2.68. The molecule has 1 unspecified atom stereocenters. The molecule has 2 heterocycles. The Labute approximate surface area is 128 Å². The van der Waals surface area contributed by atoms with E-state index in [9.17, 15) is 0 Å². The SMILES string of the molecule is CCCC(NCc1cc(Br)c(Br)o1)c1cccs1. The highest BCUT2D eigenvalue weighted by molar-refractivity contribution is 9.13. The molecule has 0 saturated carbocycles. The standard InChI is InChI=1S/C13H15Br2NOS/c1-2-4-11(12-5-3-6-18-12)16-8-9-7-10(14)13(15)17-9/h3,5-7,11,16H,2,4,8H2,1H3. The van der Waals surface area contributed by atoms with Crippen LogP contribution in [0.1, 0.15) is 36.4 Å². The third-order valence-corrected chi connectivity index (χ3v) is 5.38. The zero-order valence-electron chi connectivity index (χ0n) is 10.1. The molecule has 2 aromatic rings. The molecule has 0 aromatic carbocycles. The molecular formula is C13H15Br2NOS. The van der Waals surface area contributed by atoms with Crippen molar-refractivity contribution in [3.05, 3.63) is 43.4 Å². The minimum Gasteiger partial charge on any atom is -0.452 e. The van der Waals surface area contributed by atoms with Gasteiger partial charge in [-0.2, -0.15) is 0 Å². The van der Waals surface area contributed by atoms with E-state index in [-0.39, 0.29) is 0 Å². The van der Waals surface area contributed by atoms with Crippen LogP contribution in [0.5, 0.6) is 0 Å². The molecule has 18 heavy (non-hydrogen) atoms. The van der Waals surface area contributed by atoms with Gasteiger partial charge in [0.1, 0.15) is 5.76 Å². The predicted octanol–water partition coefficient (Wildman–Crippen LogP) is 5.50. The average molecular weight is 393 g/mol. The Morgan fingerprint density at radius 3 is 2.83 bits per heavy atom. The Morgan fingerprint density at radius 1 is 1.44 bits per heavy atom. The van der Waals surface area contributed by atoms with E-state index in [0.29, 0.717) is 6.04 Å². The van der Waals surface area contributed by atoms with Crippen molar-refractivity contribution in [1.29, 1.82) is 0 Å². The summed E-state index contributed by atoms with van der Waals surface area (Å²) in [4.78, 5) is 1.39. The van der Waals surface area contributed by atoms with Crippen LogP contribution < -0.4 is 5.32 Å². The van der Waals surface area contributed by atoms with Crippen LogP contribution in [-0.2, 0) is 6.54 Å². The number of furan rings is 1. The maximum Gasteiger partial charge on any atom is 0.183 e. The Kier molecular flexibility index (Phi) is 5.48. The number of halogens is 2. The van der Waals surface area contributed by atoms with E-state index < -0.39 is 0 Å². The number of thiophene rings is 1. The summed E-state index contributed by atoms with van der Waals surface area (Å²) in [6.45, 7) is 2.95. The van der Waals surface area contributed by atoms with Crippen molar-refractivity contribution in [3.8, 4) is 0 Å². The van der Waals surface area contributed by atoms with E-state index >= 15 is 0 Å². The van der Waals surface area contributed by atoms with Crippen LogP contribution in [0.25, 0.3) is 0 Å². The first-order chi connectivity index (χ1) is 8.70. The fourth-order valence-electron chi connectivity index (χ4n) is 1.83. The van der Waals surface area contributed by atoms with E-state index in [4.69, 9.17) is 4.42 Å². The maximum atomic E-state index is 5.57. The van der Waals surface area contributed by atoms with Crippen LogP contribution in [0.3, 0.4) is 0 Å². The average Bonchev–Trinajstić information content (AvgIpc) is 2.96. The molecule has 0 fully saturated rings. The van der Waals surface area contributed by atoms with Crippen LogP contribution in [0.15, 0.2) is 37.1 Å². The van der Waals surface area contributed by atoms with Crippen LogP contribution >= 0.6 is 43.2 Å². The molecule has 2 nitrogen and oxygen atoms in total. The molecule has 0 saturated heterocycles. The van der Waals surface area contributed by atoms with E-state index in [2.05, 4.69) is 61.6 Å². The Bertz CT molecular complexity index is 462. The highest BCUT2D eigenvalue weighted by Gasteiger charge is 2.13. The second-order valence-electron chi connectivity index (χ2n) is 4.07. The summed E-state index contributed by atoms with van der Waals surface area (Å²) in [7, 11) is 0. The summed E-state index contributed by atoms with van der Waals surface area (Å²) in [5.41, 5.74) is 0. The molecule has 2 rings (SSSR count). The largest absolute Gasteiger partial charge is 0.452 e. The van der Waals surface area contributed by atoms with Gasteiger partial charge in [-0.05, 0) is 55.8 Å². The van der Waals surface area contributed by atoms with Crippen LogP contribution in [0.2, 0.25) is 0 Å². The summed E-state index contributed by atoms with van der Waals surface area (Å²) in [5.74, 6) is 0.936. The van der Waals surface area contributed by atoms with Gasteiger partial charge in [0.2, 0.25) is 0 Å². The molecule has 1 N–H and O–H groups in total. The molecule has 0 radical (unpaired) electrons. The summed E-state index contributed by atoms with van der Waals surface area (Å²) < 4.78 is 7.28. The first kappa shape index (κ1) is 14.3. The maximum absolute atomic E-state index is 5.57. The molecule has 0 aliphatic carbocycles. The minimum atomic E-state index is 0.414. The summed E-state index contributed by atoms with van der Waals surface area (Å²) in [5, 5.41) is 5.68. The van der Waals surface area contributed by atoms with Crippen molar-refractivity contribution >= 4 is 43.2 Å². The monoisotopic (exact) mass is 391 g/mol. The van der Waals surface area contributed by atoms with Gasteiger partial charge < -0.3 is 9.73 Å². The van der Waals surface area contributed by atoms with Crippen molar-refractivity contribution in [2.24, 2.45) is 0 Å². The van der Waals surface area contributed by atoms with Gasteiger partial charge in [-0.3, -0.25) is 0 Å². The van der Waals surface area contributed by atoms with Crippen molar-refractivity contribution in [2.45, 2.75) is 32.4 Å². The highest BCUT2D eigenvalue weighted by Crippen LogP contribution is 2.28. The van der Waals surface area contributed by atoms with Crippen LogP contribution in [0, 0.1) is 0 Å². The molecule has 0 spiro atoms. The lowest BCUT2D eigenvalue weighted by Gasteiger charge is -2.15. The Balaban J connectivity index is 1.97. The Morgan fingerprint density at radius 2 is 2.28 bits per heavy atom. The second-order valence-corrected chi connectivity index (χ2v) is 6.63. The van der Waals surface area contributed by atoms with Gasteiger partial charge in [0.25, 0.3) is 0 Å². The molecule has 0 amide bonds. The zero-order chi connectivity index (χ0) is 13.0. The lowest BCUT2D eigenvalue weighted by molar-refractivity contribution is 0.427.